The Morgan fingerprint density at radius 3 is 1.73 bits per heavy atom. The summed E-state index contributed by atoms with van der Waals surface area (Å²) in [6.07, 6.45) is 24.5. The lowest BCUT2D eigenvalue weighted by molar-refractivity contribution is -0.161. The number of hydrogen-bond donors (Lipinski definition) is 4. The third kappa shape index (κ3) is 38.9. The van der Waals surface area contributed by atoms with Gasteiger partial charge in [-0.15, -0.1) is 0 Å². The summed E-state index contributed by atoms with van der Waals surface area (Å²) in [6.45, 7) is 3.83. The fraction of sp³-hybridized carbons (Fsp3) is 0.821. The van der Waals surface area contributed by atoms with Crippen LogP contribution in [0.25, 0.3) is 0 Å². The molecule has 16 heteroatoms. The van der Waals surface area contributed by atoms with E-state index in [2.05, 4.69) is 35.9 Å². The molecule has 0 aliphatic heterocycles. The molecule has 0 aromatic carbocycles. The maximum Gasteiger partial charge on any atom is 0.472 e. The van der Waals surface area contributed by atoms with Crippen LogP contribution in [0, 0.1) is 5.92 Å². The van der Waals surface area contributed by atoms with Gasteiger partial charge in [0.05, 0.1) is 19.8 Å². The van der Waals surface area contributed by atoms with Crippen molar-refractivity contribution in [3.05, 3.63) is 24.3 Å². The van der Waals surface area contributed by atoms with Crippen LogP contribution in [0.4, 0.5) is 0 Å². The number of unbranched alkanes of at least 4 members (excludes halogenated alkanes) is 15. The number of aliphatic hydroxyl groups is 1. The molecule has 0 saturated carbocycles. The molecule has 14 nitrogen and oxygen atoms in total. The van der Waals surface area contributed by atoms with Crippen molar-refractivity contribution in [2.45, 2.75) is 174 Å². The Kier molecular flexibility index (Phi) is 33.2. The molecular weight excluding hydrogens is 754 g/mol. The minimum atomic E-state index is -4.87. The smallest absolute Gasteiger partial charge is 0.462 e. The van der Waals surface area contributed by atoms with Crippen LogP contribution in [0.2, 0.25) is 0 Å². The number of aliphatic hydroxyl groups excluding tert-OH is 1. The lowest BCUT2D eigenvalue weighted by atomic mass is 10.0. The zero-order valence-electron chi connectivity index (χ0n) is 33.7. The van der Waals surface area contributed by atoms with Gasteiger partial charge in [-0.05, 0) is 44.1 Å². The Morgan fingerprint density at radius 1 is 0.618 bits per heavy atom. The summed E-state index contributed by atoms with van der Waals surface area (Å²) in [5, 5.41) is 9.72. The number of carbonyl (C=O) groups excluding carboxylic acids is 3. The molecule has 3 atom stereocenters. The molecule has 0 saturated heterocycles. The summed E-state index contributed by atoms with van der Waals surface area (Å²) in [5.41, 5.74) is 0. The Hall–Kier alpha value is -1.73. The molecule has 322 valence electrons. The molecule has 55 heavy (non-hydrogen) atoms. The number of hydrogen-bond acceptors (Lipinski definition) is 11. The first-order valence-electron chi connectivity index (χ1n) is 20.3. The molecule has 0 aromatic heterocycles. The van der Waals surface area contributed by atoms with E-state index in [4.69, 9.17) is 23.8 Å². The van der Waals surface area contributed by atoms with Crippen molar-refractivity contribution in [3.63, 3.8) is 0 Å². The Labute approximate surface area is 330 Å². The zero-order valence-corrected chi connectivity index (χ0v) is 35.5. The Balaban J connectivity index is 4.62. The van der Waals surface area contributed by atoms with E-state index in [-0.39, 0.29) is 18.6 Å². The third-order valence-corrected chi connectivity index (χ3v) is 9.92. The van der Waals surface area contributed by atoms with Crippen LogP contribution in [-0.4, -0.2) is 76.1 Å². The van der Waals surface area contributed by atoms with Crippen molar-refractivity contribution >= 4 is 33.4 Å². The minimum Gasteiger partial charge on any atom is -0.462 e. The number of rotatable bonds is 38. The summed E-state index contributed by atoms with van der Waals surface area (Å²) < 4.78 is 47.6. The van der Waals surface area contributed by atoms with Gasteiger partial charge in [0.2, 0.25) is 0 Å². The molecule has 1 unspecified atom stereocenters. The van der Waals surface area contributed by atoms with Gasteiger partial charge in [0.1, 0.15) is 12.7 Å². The van der Waals surface area contributed by atoms with E-state index in [1.54, 1.807) is 12.2 Å². The second-order valence-electron chi connectivity index (χ2n) is 14.4. The molecule has 0 rings (SSSR count). The molecular formula is C39H72O14P2. The quantitative estimate of drug-likeness (QED) is 0.0150. The van der Waals surface area contributed by atoms with E-state index in [1.807, 2.05) is 6.08 Å². The first-order chi connectivity index (χ1) is 26.1. The lowest BCUT2D eigenvalue weighted by Crippen LogP contribution is -2.30. The SMILES string of the molecule is CCCCC/C=C\C=C\C(=O)CCCCCCCC(=O)OC[C@H](COP(=O)(O)OC[C@@H](O)COP(=O)(O)O)OC(=O)CCCCCCCCCCCC(C)C. The zero-order chi connectivity index (χ0) is 41.2. The van der Waals surface area contributed by atoms with Crippen LogP contribution in [0.1, 0.15) is 162 Å². The second kappa shape index (κ2) is 34.3. The van der Waals surface area contributed by atoms with Crippen LogP contribution in [0.15, 0.2) is 24.3 Å². The lowest BCUT2D eigenvalue weighted by Gasteiger charge is -2.20. The fourth-order valence-electron chi connectivity index (χ4n) is 5.34. The number of phosphoric ester groups is 2. The highest BCUT2D eigenvalue weighted by molar-refractivity contribution is 7.47. The van der Waals surface area contributed by atoms with Gasteiger partial charge >= 0.3 is 27.6 Å². The Morgan fingerprint density at radius 2 is 1.15 bits per heavy atom. The van der Waals surface area contributed by atoms with Crippen LogP contribution < -0.4 is 0 Å². The molecule has 0 amide bonds. The predicted octanol–water partition coefficient (Wildman–Crippen LogP) is 8.98. The summed E-state index contributed by atoms with van der Waals surface area (Å²) >= 11 is 0. The number of phosphoric acid groups is 2. The molecule has 0 spiro atoms. The van der Waals surface area contributed by atoms with E-state index in [9.17, 15) is 33.5 Å². The van der Waals surface area contributed by atoms with Crippen molar-refractivity contribution in [2.75, 3.05) is 26.4 Å². The first kappa shape index (κ1) is 53.3. The van der Waals surface area contributed by atoms with Gasteiger partial charge in [-0.2, -0.15) is 0 Å². The highest BCUT2D eigenvalue weighted by Gasteiger charge is 2.28. The van der Waals surface area contributed by atoms with Crippen molar-refractivity contribution in [1.82, 2.24) is 0 Å². The predicted molar refractivity (Wildman–Crippen MR) is 212 cm³/mol. The van der Waals surface area contributed by atoms with E-state index in [0.29, 0.717) is 19.3 Å². The van der Waals surface area contributed by atoms with Gasteiger partial charge in [0, 0.05) is 19.3 Å². The van der Waals surface area contributed by atoms with Gasteiger partial charge in [-0.1, -0.05) is 129 Å². The van der Waals surface area contributed by atoms with E-state index in [0.717, 1.165) is 70.1 Å². The molecule has 0 fully saturated rings. The molecule has 4 N–H and O–H groups in total. The molecule has 0 heterocycles. The summed E-state index contributed by atoms with van der Waals surface area (Å²) in [6, 6.07) is 0. The number of ketones is 1. The summed E-state index contributed by atoms with van der Waals surface area (Å²) in [5.74, 6) is -0.291. The maximum absolute atomic E-state index is 12.6. The molecule has 0 radical (unpaired) electrons. The first-order valence-corrected chi connectivity index (χ1v) is 23.4. The highest BCUT2D eigenvalue weighted by Crippen LogP contribution is 2.43. The third-order valence-electron chi connectivity index (χ3n) is 8.49. The normalized spacial score (nSPS) is 14.4. The topological polar surface area (TPSA) is 212 Å². The van der Waals surface area contributed by atoms with Gasteiger partial charge < -0.3 is 29.3 Å². The number of ether oxygens (including phenoxy) is 2. The summed E-state index contributed by atoms with van der Waals surface area (Å²) in [4.78, 5) is 64.5. The van der Waals surface area contributed by atoms with Gasteiger partial charge in [-0.3, -0.25) is 28.0 Å². The highest BCUT2D eigenvalue weighted by atomic mass is 31.2. The maximum atomic E-state index is 12.6. The average Bonchev–Trinajstić information content (AvgIpc) is 3.12. The van der Waals surface area contributed by atoms with Crippen molar-refractivity contribution in [3.8, 4) is 0 Å². The number of esters is 2. The number of allylic oxidation sites excluding steroid dienone is 4. The van der Waals surface area contributed by atoms with Crippen molar-refractivity contribution < 1.29 is 66.3 Å². The van der Waals surface area contributed by atoms with Crippen LogP contribution in [0.3, 0.4) is 0 Å². The van der Waals surface area contributed by atoms with Gasteiger partial charge in [0.15, 0.2) is 11.9 Å². The molecule has 0 aromatic rings. The van der Waals surface area contributed by atoms with Crippen LogP contribution in [-0.2, 0) is 46.6 Å². The minimum absolute atomic E-state index is 0.0871. The van der Waals surface area contributed by atoms with Gasteiger partial charge in [-0.25, -0.2) is 9.13 Å². The standard InChI is InChI=1S/C39H72O14P2/c1-4-5-6-7-11-16-21-26-35(40)27-22-17-14-19-23-28-38(42)49-32-37(33-52-55(47,48)51-31-36(41)30-50-54(44,45)46)53-39(43)29-24-18-13-10-8-9-12-15-20-25-34(2)3/h11,16,21,26,34,36-37,41H,4-10,12-15,17-20,22-25,27-33H2,1-3H3,(H,47,48)(H2,44,45,46)/b16-11-,26-21+/t36-,37+/m0/s1. The second-order valence-corrected chi connectivity index (χ2v) is 17.1. The van der Waals surface area contributed by atoms with Gasteiger partial charge in [0.25, 0.3) is 0 Å². The van der Waals surface area contributed by atoms with Crippen molar-refractivity contribution in [2.24, 2.45) is 5.92 Å². The number of carbonyl (C=O) groups is 3. The van der Waals surface area contributed by atoms with E-state index in [1.165, 1.54) is 44.9 Å². The molecule has 0 aliphatic rings. The average molecular weight is 827 g/mol. The molecule has 0 aliphatic carbocycles. The fourth-order valence-corrected chi connectivity index (χ4v) is 6.49. The largest absolute Gasteiger partial charge is 0.472 e. The molecule has 0 bridgehead atoms. The summed E-state index contributed by atoms with van der Waals surface area (Å²) in [7, 11) is -9.70. The van der Waals surface area contributed by atoms with E-state index >= 15 is 0 Å². The van der Waals surface area contributed by atoms with Crippen molar-refractivity contribution in [1.29, 1.82) is 0 Å². The van der Waals surface area contributed by atoms with Crippen LogP contribution >= 0.6 is 15.6 Å². The monoisotopic (exact) mass is 826 g/mol. The van der Waals surface area contributed by atoms with Crippen LogP contribution in [0.5, 0.6) is 0 Å². The Bertz CT molecular complexity index is 1150. The van der Waals surface area contributed by atoms with E-state index < -0.39 is 66.2 Å².